The van der Waals surface area contributed by atoms with Gasteiger partial charge in [-0.1, -0.05) is 60.7 Å². The van der Waals surface area contributed by atoms with Crippen LogP contribution in [0.2, 0.25) is 0 Å². The molecule has 1 saturated heterocycles. The van der Waals surface area contributed by atoms with E-state index in [-0.39, 0.29) is 0 Å². The van der Waals surface area contributed by atoms with Gasteiger partial charge in [0.2, 0.25) is 5.85 Å². The maximum atomic E-state index is 5.89. The van der Waals surface area contributed by atoms with Gasteiger partial charge in [0.1, 0.15) is 0 Å². The lowest BCUT2D eigenvalue weighted by Gasteiger charge is -2.35. The average molecular weight is 322 g/mol. The van der Waals surface area contributed by atoms with Crippen LogP contribution in [0.1, 0.15) is 30.4 Å². The fourth-order valence-corrected chi connectivity index (χ4v) is 2.50. The van der Waals surface area contributed by atoms with Crippen LogP contribution >= 0.6 is 0 Å². The van der Waals surface area contributed by atoms with Crippen LogP contribution in [0.15, 0.2) is 70.9 Å². The zero-order valence-electron chi connectivity index (χ0n) is 13.6. The van der Waals surface area contributed by atoms with Crippen molar-refractivity contribution in [1.29, 1.82) is 0 Å². The molecule has 5 nitrogen and oxygen atoms in total. The molecule has 1 aliphatic rings. The van der Waals surface area contributed by atoms with Gasteiger partial charge in [-0.3, -0.25) is 10.9 Å². The number of hydrazone groups is 2. The molecule has 0 bridgehead atoms. The first-order valence-corrected chi connectivity index (χ1v) is 8.21. The highest BCUT2D eigenvalue weighted by Crippen LogP contribution is 2.19. The van der Waals surface area contributed by atoms with Crippen LogP contribution in [0, 0.1) is 0 Å². The van der Waals surface area contributed by atoms with E-state index < -0.39 is 5.85 Å². The maximum Gasteiger partial charge on any atom is 0.246 e. The van der Waals surface area contributed by atoms with Crippen molar-refractivity contribution in [3.8, 4) is 0 Å². The molecule has 0 radical (unpaired) electrons. The van der Waals surface area contributed by atoms with Gasteiger partial charge in [-0.2, -0.15) is 10.2 Å². The van der Waals surface area contributed by atoms with Gasteiger partial charge >= 0.3 is 0 Å². The number of nitrogens with one attached hydrogen (secondary N) is 2. The van der Waals surface area contributed by atoms with Crippen LogP contribution in [0.25, 0.3) is 0 Å². The highest BCUT2D eigenvalue weighted by molar-refractivity contribution is 5.79. The molecule has 5 heteroatoms. The highest BCUT2D eigenvalue weighted by Gasteiger charge is 2.32. The Kier molecular flexibility index (Phi) is 5.58. The Morgan fingerprint density at radius 1 is 0.792 bits per heavy atom. The molecule has 0 spiro atoms. The lowest BCUT2D eigenvalue weighted by atomic mass is 10.1. The van der Waals surface area contributed by atoms with Crippen molar-refractivity contribution in [3.63, 3.8) is 0 Å². The lowest BCUT2D eigenvalue weighted by Crippen LogP contribution is -2.56. The van der Waals surface area contributed by atoms with E-state index in [0.29, 0.717) is 6.61 Å². The Morgan fingerprint density at radius 2 is 1.33 bits per heavy atom. The number of hydrogen-bond acceptors (Lipinski definition) is 5. The molecule has 2 aromatic rings. The van der Waals surface area contributed by atoms with Gasteiger partial charge in [0.05, 0.1) is 19.0 Å². The minimum absolute atomic E-state index is 0.682. The summed E-state index contributed by atoms with van der Waals surface area (Å²) in [7, 11) is 0. The van der Waals surface area contributed by atoms with E-state index in [2.05, 4.69) is 21.1 Å². The molecule has 1 heterocycles. The van der Waals surface area contributed by atoms with E-state index >= 15 is 0 Å². The molecule has 24 heavy (non-hydrogen) atoms. The molecule has 0 atom stereocenters. The quantitative estimate of drug-likeness (QED) is 0.488. The Labute approximate surface area is 142 Å². The van der Waals surface area contributed by atoms with E-state index in [1.165, 1.54) is 0 Å². The minimum atomic E-state index is -0.755. The molecular weight excluding hydrogens is 300 g/mol. The third kappa shape index (κ3) is 4.67. The van der Waals surface area contributed by atoms with Crippen LogP contribution in [0.3, 0.4) is 0 Å². The molecule has 2 aromatic carbocycles. The summed E-state index contributed by atoms with van der Waals surface area (Å²) in [6.45, 7) is 0.682. The van der Waals surface area contributed by atoms with E-state index in [1.807, 2.05) is 60.7 Å². The summed E-state index contributed by atoms with van der Waals surface area (Å²) in [5, 5.41) is 8.65. The molecule has 0 amide bonds. The third-order valence-corrected chi connectivity index (χ3v) is 3.79. The number of ether oxygens (including phenoxy) is 1. The number of benzene rings is 2. The van der Waals surface area contributed by atoms with Crippen molar-refractivity contribution in [1.82, 2.24) is 10.9 Å². The molecule has 0 unspecified atom stereocenters. The van der Waals surface area contributed by atoms with Gasteiger partial charge in [0.15, 0.2) is 0 Å². The largest absolute Gasteiger partial charge is 0.336 e. The van der Waals surface area contributed by atoms with Gasteiger partial charge in [-0.25, -0.2) is 0 Å². The molecule has 0 saturated carbocycles. The summed E-state index contributed by atoms with van der Waals surface area (Å²) in [6.07, 6.45) is 6.47. The second kappa shape index (κ2) is 8.26. The van der Waals surface area contributed by atoms with Crippen LogP contribution in [-0.4, -0.2) is 24.9 Å². The Bertz CT molecular complexity index is 611. The first-order valence-electron chi connectivity index (χ1n) is 8.21. The predicted octanol–water partition coefficient (Wildman–Crippen LogP) is 3.09. The smallest absolute Gasteiger partial charge is 0.246 e. The van der Waals surface area contributed by atoms with Crippen LogP contribution in [0.4, 0.5) is 0 Å². The normalized spacial score (nSPS) is 21.2. The summed E-state index contributed by atoms with van der Waals surface area (Å²) in [4.78, 5) is 0. The van der Waals surface area contributed by atoms with E-state index in [0.717, 1.165) is 30.4 Å². The van der Waals surface area contributed by atoms with Crippen LogP contribution < -0.4 is 10.9 Å². The molecule has 0 aromatic heterocycles. The lowest BCUT2D eigenvalue weighted by molar-refractivity contribution is -0.124. The molecule has 124 valence electrons. The van der Waals surface area contributed by atoms with Crippen molar-refractivity contribution in [3.05, 3.63) is 71.8 Å². The average Bonchev–Trinajstić information content (AvgIpc) is 2.64. The summed E-state index contributed by atoms with van der Waals surface area (Å²) in [5.41, 5.74) is 8.25. The SMILES string of the molecule is C(=NNC1(NN=Cc2ccccc2)CCCCO1)c1ccccc1. The van der Waals surface area contributed by atoms with Crippen molar-refractivity contribution in [2.75, 3.05) is 6.61 Å². The van der Waals surface area contributed by atoms with Gasteiger partial charge in [0, 0.05) is 6.42 Å². The highest BCUT2D eigenvalue weighted by atomic mass is 16.5. The Balaban J connectivity index is 1.63. The first-order chi connectivity index (χ1) is 11.9. The number of hydrogen-bond donors (Lipinski definition) is 2. The standard InChI is InChI=1S/C19H22N4O/c1-3-9-17(10-4-1)15-20-22-19(13-7-8-14-24-19)23-21-16-18-11-5-2-6-12-18/h1-6,9-12,15-16,22-23H,7-8,13-14H2. The monoisotopic (exact) mass is 322 g/mol. The summed E-state index contributed by atoms with van der Waals surface area (Å²) >= 11 is 0. The Morgan fingerprint density at radius 3 is 1.79 bits per heavy atom. The van der Waals surface area contributed by atoms with E-state index in [1.54, 1.807) is 12.4 Å². The molecule has 1 aliphatic heterocycles. The third-order valence-electron chi connectivity index (χ3n) is 3.79. The maximum absolute atomic E-state index is 5.89. The Hall–Kier alpha value is -2.66. The zero-order chi connectivity index (χ0) is 16.5. The second-order valence-corrected chi connectivity index (χ2v) is 5.69. The van der Waals surface area contributed by atoms with E-state index in [9.17, 15) is 0 Å². The predicted molar refractivity (Wildman–Crippen MR) is 96.9 cm³/mol. The number of nitrogens with zero attached hydrogens (tertiary/aromatic N) is 2. The van der Waals surface area contributed by atoms with Crippen LogP contribution in [-0.2, 0) is 4.74 Å². The summed E-state index contributed by atoms with van der Waals surface area (Å²) in [6, 6.07) is 19.9. The molecule has 3 rings (SSSR count). The minimum Gasteiger partial charge on any atom is -0.336 e. The van der Waals surface area contributed by atoms with Crippen molar-refractivity contribution in [2.45, 2.75) is 25.1 Å². The van der Waals surface area contributed by atoms with Crippen molar-refractivity contribution < 1.29 is 4.74 Å². The van der Waals surface area contributed by atoms with Gasteiger partial charge in [-0.05, 0) is 24.0 Å². The number of rotatable bonds is 6. The fourth-order valence-electron chi connectivity index (χ4n) is 2.50. The molecule has 0 aliphatic carbocycles. The fraction of sp³-hybridized carbons (Fsp3) is 0.263. The second-order valence-electron chi connectivity index (χ2n) is 5.69. The molecular formula is C19H22N4O. The van der Waals surface area contributed by atoms with Gasteiger partial charge in [0.25, 0.3) is 0 Å². The van der Waals surface area contributed by atoms with Crippen LogP contribution in [0.5, 0.6) is 0 Å². The zero-order valence-corrected chi connectivity index (χ0v) is 13.6. The summed E-state index contributed by atoms with van der Waals surface area (Å²) < 4.78 is 5.89. The molecule has 2 N–H and O–H groups in total. The van der Waals surface area contributed by atoms with Gasteiger partial charge in [-0.15, -0.1) is 0 Å². The van der Waals surface area contributed by atoms with E-state index in [4.69, 9.17) is 4.74 Å². The molecule has 1 fully saturated rings. The first kappa shape index (κ1) is 16.2. The topological polar surface area (TPSA) is 58.0 Å². The summed E-state index contributed by atoms with van der Waals surface area (Å²) in [5.74, 6) is -0.755. The van der Waals surface area contributed by atoms with Crippen molar-refractivity contribution >= 4 is 12.4 Å². The van der Waals surface area contributed by atoms with Crippen molar-refractivity contribution in [2.24, 2.45) is 10.2 Å². The van der Waals surface area contributed by atoms with Gasteiger partial charge < -0.3 is 4.74 Å².